The minimum atomic E-state index is 0.0316. The lowest BCUT2D eigenvalue weighted by molar-refractivity contribution is 0.509. The number of thioether (sulfide) groups is 1. The Morgan fingerprint density at radius 1 is 1.37 bits per heavy atom. The van der Waals surface area contributed by atoms with Crippen molar-refractivity contribution in [3.05, 3.63) is 29.7 Å². The van der Waals surface area contributed by atoms with Gasteiger partial charge in [0.15, 0.2) is 5.16 Å². The largest absolute Gasteiger partial charge is 0.419 e. The summed E-state index contributed by atoms with van der Waals surface area (Å²) < 4.78 is 7.55. The number of aryl methyl sites for hydroxylation is 1. The molecule has 0 aromatic carbocycles. The topological polar surface area (TPSA) is 69.6 Å². The maximum atomic E-state index is 5.69. The van der Waals surface area contributed by atoms with Crippen molar-refractivity contribution < 1.29 is 4.42 Å². The Balaban J connectivity index is 1.77. The number of thiophene rings is 1. The molecule has 1 atom stereocenters. The molecule has 3 rings (SSSR count). The fourth-order valence-corrected chi connectivity index (χ4v) is 2.95. The first-order valence-electron chi connectivity index (χ1n) is 5.62. The molecular weight excluding hydrogens is 282 g/mol. The number of hydrogen-bond donors (Lipinski definition) is 0. The molecule has 6 nitrogen and oxygen atoms in total. The Bertz CT molecular complexity index is 660. The molecule has 3 aromatic heterocycles. The van der Waals surface area contributed by atoms with Crippen LogP contribution in [-0.2, 0) is 7.05 Å². The summed E-state index contributed by atoms with van der Waals surface area (Å²) in [7, 11) is 1.90. The molecule has 3 heterocycles. The van der Waals surface area contributed by atoms with Gasteiger partial charge in [-0.15, -0.1) is 31.7 Å². The Morgan fingerprint density at radius 3 is 2.95 bits per heavy atom. The van der Waals surface area contributed by atoms with E-state index in [2.05, 4.69) is 20.4 Å². The highest BCUT2D eigenvalue weighted by Gasteiger charge is 2.18. The van der Waals surface area contributed by atoms with E-state index in [0.29, 0.717) is 11.8 Å². The van der Waals surface area contributed by atoms with Crippen LogP contribution < -0.4 is 0 Å². The van der Waals surface area contributed by atoms with E-state index in [1.165, 1.54) is 11.8 Å². The van der Waals surface area contributed by atoms with Crippen molar-refractivity contribution in [2.45, 2.75) is 17.3 Å². The summed E-state index contributed by atoms with van der Waals surface area (Å²) in [5.41, 5.74) is 0. The second-order valence-electron chi connectivity index (χ2n) is 3.91. The minimum Gasteiger partial charge on any atom is -0.419 e. The van der Waals surface area contributed by atoms with Crippen LogP contribution in [0.15, 0.2) is 33.4 Å². The van der Waals surface area contributed by atoms with E-state index >= 15 is 0 Å². The van der Waals surface area contributed by atoms with E-state index < -0.39 is 0 Å². The van der Waals surface area contributed by atoms with E-state index in [0.717, 1.165) is 10.0 Å². The summed E-state index contributed by atoms with van der Waals surface area (Å²) in [6.45, 7) is 2.01. The van der Waals surface area contributed by atoms with Gasteiger partial charge in [0.1, 0.15) is 6.33 Å². The number of rotatable bonds is 4. The van der Waals surface area contributed by atoms with Crippen LogP contribution >= 0.6 is 23.1 Å². The van der Waals surface area contributed by atoms with Crippen molar-refractivity contribution in [2.75, 3.05) is 0 Å². The maximum absolute atomic E-state index is 5.69. The highest BCUT2D eigenvalue weighted by atomic mass is 32.2. The average molecular weight is 293 g/mol. The number of aromatic nitrogens is 5. The van der Waals surface area contributed by atoms with Crippen LogP contribution in [0, 0.1) is 0 Å². The molecule has 98 valence electrons. The SMILES string of the molecule is CC(Sc1nncn1C)c1nnc(-c2cccs2)o1. The summed E-state index contributed by atoms with van der Waals surface area (Å²) in [4.78, 5) is 0.981. The maximum Gasteiger partial charge on any atom is 0.257 e. The Hall–Kier alpha value is -1.67. The van der Waals surface area contributed by atoms with E-state index in [1.807, 2.05) is 36.1 Å². The van der Waals surface area contributed by atoms with Crippen molar-refractivity contribution in [2.24, 2.45) is 7.05 Å². The van der Waals surface area contributed by atoms with Crippen molar-refractivity contribution >= 4 is 23.1 Å². The molecule has 8 heteroatoms. The van der Waals surface area contributed by atoms with Gasteiger partial charge >= 0.3 is 0 Å². The van der Waals surface area contributed by atoms with Crippen molar-refractivity contribution in [3.8, 4) is 10.8 Å². The molecule has 0 saturated heterocycles. The Labute approximate surface area is 117 Å². The van der Waals surface area contributed by atoms with E-state index in [4.69, 9.17) is 4.42 Å². The second kappa shape index (κ2) is 5.14. The van der Waals surface area contributed by atoms with Gasteiger partial charge in [0.05, 0.1) is 10.1 Å². The van der Waals surface area contributed by atoms with Gasteiger partial charge in [-0.3, -0.25) is 0 Å². The quantitative estimate of drug-likeness (QED) is 0.689. The average Bonchev–Trinajstić information content (AvgIpc) is 3.09. The molecule has 0 aliphatic rings. The van der Waals surface area contributed by atoms with E-state index in [-0.39, 0.29) is 5.25 Å². The molecule has 3 aromatic rings. The van der Waals surface area contributed by atoms with E-state index in [1.54, 1.807) is 17.7 Å². The third-order valence-corrected chi connectivity index (χ3v) is 4.47. The molecule has 0 bridgehead atoms. The second-order valence-corrected chi connectivity index (χ2v) is 6.16. The van der Waals surface area contributed by atoms with Crippen LogP contribution in [0.25, 0.3) is 10.8 Å². The summed E-state index contributed by atoms with van der Waals surface area (Å²) in [6.07, 6.45) is 1.67. The lowest BCUT2D eigenvalue weighted by atomic mass is 10.5. The zero-order valence-corrected chi connectivity index (χ0v) is 12.0. The van der Waals surface area contributed by atoms with Crippen LogP contribution in [0.4, 0.5) is 0 Å². The van der Waals surface area contributed by atoms with Gasteiger partial charge in [0.2, 0.25) is 5.89 Å². The predicted octanol–water partition coefficient (Wildman–Crippen LogP) is 2.78. The molecule has 0 spiro atoms. The molecule has 1 unspecified atom stereocenters. The Kier molecular flexibility index (Phi) is 3.34. The van der Waals surface area contributed by atoms with Crippen molar-refractivity contribution in [3.63, 3.8) is 0 Å². The number of hydrogen-bond acceptors (Lipinski definition) is 7. The van der Waals surface area contributed by atoms with Gasteiger partial charge < -0.3 is 8.98 Å². The van der Waals surface area contributed by atoms with Gasteiger partial charge in [-0.1, -0.05) is 17.8 Å². The molecule has 0 N–H and O–H groups in total. The zero-order valence-electron chi connectivity index (χ0n) is 10.3. The van der Waals surface area contributed by atoms with Crippen molar-refractivity contribution in [1.82, 2.24) is 25.0 Å². The predicted molar refractivity (Wildman–Crippen MR) is 72.9 cm³/mol. The van der Waals surface area contributed by atoms with Gasteiger partial charge in [-0.2, -0.15) is 0 Å². The molecule has 19 heavy (non-hydrogen) atoms. The molecule has 0 amide bonds. The molecular formula is C11H11N5OS2. The molecule has 0 saturated carbocycles. The first-order valence-corrected chi connectivity index (χ1v) is 7.38. The fraction of sp³-hybridized carbons (Fsp3) is 0.273. The highest BCUT2D eigenvalue weighted by molar-refractivity contribution is 7.99. The first kappa shape index (κ1) is 12.4. The molecule has 0 aliphatic heterocycles. The summed E-state index contributed by atoms with van der Waals surface area (Å²) in [5, 5.41) is 18.9. The first-order chi connectivity index (χ1) is 9.24. The Morgan fingerprint density at radius 2 is 2.26 bits per heavy atom. The third-order valence-electron chi connectivity index (χ3n) is 2.47. The van der Waals surface area contributed by atoms with Crippen LogP contribution in [0.5, 0.6) is 0 Å². The van der Waals surface area contributed by atoms with Gasteiger partial charge in [0.25, 0.3) is 5.89 Å². The van der Waals surface area contributed by atoms with E-state index in [9.17, 15) is 0 Å². The standard InChI is InChI=1S/C11H11N5OS2/c1-7(19-11-15-12-6-16(11)2)9-13-14-10(17-9)8-4-3-5-18-8/h3-7H,1-2H3. The van der Waals surface area contributed by atoms with Crippen LogP contribution in [-0.4, -0.2) is 25.0 Å². The highest BCUT2D eigenvalue weighted by Crippen LogP contribution is 2.34. The molecule has 0 fully saturated rings. The zero-order chi connectivity index (χ0) is 13.2. The monoisotopic (exact) mass is 293 g/mol. The van der Waals surface area contributed by atoms with Gasteiger partial charge in [-0.05, 0) is 18.4 Å². The number of nitrogens with zero attached hydrogens (tertiary/aromatic N) is 5. The van der Waals surface area contributed by atoms with Crippen LogP contribution in [0.2, 0.25) is 0 Å². The summed E-state index contributed by atoms with van der Waals surface area (Å²) >= 11 is 3.12. The van der Waals surface area contributed by atoms with Crippen molar-refractivity contribution in [1.29, 1.82) is 0 Å². The normalized spacial score (nSPS) is 12.7. The lowest BCUT2D eigenvalue weighted by Gasteiger charge is -2.04. The fourth-order valence-electron chi connectivity index (χ4n) is 1.49. The van der Waals surface area contributed by atoms with Crippen LogP contribution in [0.3, 0.4) is 0 Å². The summed E-state index contributed by atoms with van der Waals surface area (Å²) in [6, 6.07) is 3.92. The van der Waals surface area contributed by atoms with Crippen LogP contribution in [0.1, 0.15) is 18.1 Å². The third kappa shape index (κ3) is 2.54. The van der Waals surface area contributed by atoms with Gasteiger partial charge in [0, 0.05) is 7.05 Å². The summed E-state index contributed by atoms with van der Waals surface area (Å²) in [5.74, 6) is 1.16. The smallest absolute Gasteiger partial charge is 0.257 e. The van der Waals surface area contributed by atoms with Gasteiger partial charge in [-0.25, -0.2) is 0 Å². The molecule has 0 aliphatic carbocycles. The minimum absolute atomic E-state index is 0.0316. The lowest BCUT2D eigenvalue weighted by Crippen LogP contribution is -1.94. The molecule has 0 radical (unpaired) electrons.